The molecule has 2 aromatic rings. The summed E-state index contributed by atoms with van der Waals surface area (Å²) in [5, 5.41) is 11.5. The number of ether oxygens (including phenoxy) is 1. The number of hydrogen-bond donors (Lipinski definition) is 1. The van der Waals surface area contributed by atoms with Crippen LogP contribution in [0.4, 0.5) is 4.39 Å². The number of methoxy groups -OCH3 is 1. The Bertz CT molecular complexity index is 1050. The van der Waals surface area contributed by atoms with Crippen LogP contribution in [-0.2, 0) is 9.59 Å². The lowest BCUT2D eigenvalue weighted by atomic mass is 9.94. The number of rotatable bonds is 8. The van der Waals surface area contributed by atoms with Gasteiger partial charge in [0, 0.05) is 23.7 Å². The Morgan fingerprint density at radius 2 is 1.88 bits per heavy atom. The molecule has 1 N–H and O–H groups in total. The highest BCUT2D eigenvalue weighted by atomic mass is 35.5. The van der Waals surface area contributed by atoms with E-state index in [1.807, 2.05) is 13.8 Å². The van der Waals surface area contributed by atoms with Crippen LogP contribution in [0, 0.1) is 5.82 Å². The van der Waals surface area contributed by atoms with E-state index >= 15 is 0 Å². The second-order valence-electron chi connectivity index (χ2n) is 7.39. The predicted octanol–water partition coefficient (Wildman–Crippen LogP) is 4.25. The van der Waals surface area contributed by atoms with Crippen LogP contribution in [0.5, 0.6) is 5.75 Å². The molecular formula is C24H26ClFN2O4. The Balaban J connectivity index is 2.18. The molecule has 0 spiro atoms. The number of amides is 1. The van der Waals surface area contributed by atoms with Crippen molar-refractivity contribution in [1.29, 1.82) is 0 Å². The van der Waals surface area contributed by atoms with Crippen molar-refractivity contribution >= 4 is 29.1 Å². The average molecular weight is 461 g/mol. The number of aliphatic hydroxyl groups is 1. The summed E-state index contributed by atoms with van der Waals surface area (Å²) in [6.07, 6.45) is 0. The van der Waals surface area contributed by atoms with Crippen molar-refractivity contribution in [2.24, 2.45) is 0 Å². The molecule has 3 rings (SSSR count). The summed E-state index contributed by atoms with van der Waals surface area (Å²) in [6, 6.07) is 9.43. The van der Waals surface area contributed by atoms with Gasteiger partial charge in [-0.1, -0.05) is 43.6 Å². The third kappa shape index (κ3) is 4.49. The molecule has 1 aliphatic heterocycles. The molecule has 1 unspecified atom stereocenters. The van der Waals surface area contributed by atoms with Crippen LogP contribution in [0.15, 0.2) is 48.0 Å². The van der Waals surface area contributed by atoms with E-state index in [4.69, 9.17) is 16.3 Å². The van der Waals surface area contributed by atoms with Crippen molar-refractivity contribution in [1.82, 2.24) is 9.80 Å². The molecule has 0 saturated carbocycles. The molecular weight excluding hydrogens is 435 g/mol. The molecule has 0 aliphatic carbocycles. The molecule has 170 valence electrons. The number of likely N-dealkylation sites (N-methyl/N-ethyl adjacent to an activating group) is 1. The van der Waals surface area contributed by atoms with E-state index in [9.17, 15) is 19.1 Å². The van der Waals surface area contributed by atoms with Gasteiger partial charge in [0.1, 0.15) is 17.3 Å². The molecule has 1 aliphatic rings. The molecule has 0 radical (unpaired) electrons. The van der Waals surface area contributed by atoms with Gasteiger partial charge in [0.15, 0.2) is 0 Å². The van der Waals surface area contributed by atoms with Gasteiger partial charge < -0.3 is 19.6 Å². The van der Waals surface area contributed by atoms with Crippen LogP contribution in [0.1, 0.15) is 31.0 Å². The third-order valence-electron chi connectivity index (χ3n) is 5.71. The Labute approximate surface area is 191 Å². The van der Waals surface area contributed by atoms with Gasteiger partial charge >= 0.3 is 0 Å². The van der Waals surface area contributed by atoms with E-state index in [-0.39, 0.29) is 29.0 Å². The van der Waals surface area contributed by atoms with Gasteiger partial charge in [-0.25, -0.2) is 4.39 Å². The van der Waals surface area contributed by atoms with E-state index in [2.05, 4.69) is 4.90 Å². The molecule has 1 fully saturated rings. The molecule has 6 nitrogen and oxygen atoms in total. The van der Waals surface area contributed by atoms with Crippen molar-refractivity contribution in [3.63, 3.8) is 0 Å². The molecule has 0 bridgehead atoms. The van der Waals surface area contributed by atoms with Crippen LogP contribution in [-0.4, -0.2) is 59.9 Å². The maximum Gasteiger partial charge on any atom is 0.295 e. The summed E-state index contributed by atoms with van der Waals surface area (Å²) in [5.74, 6) is -2.42. The number of ketones is 1. The topological polar surface area (TPSA) is 70.1 Å². The minimum atomic E-state index is -1.07. The first kappa shape index (κ1) is 23.8. The van der Waals surface area contributed by atoms with E-state index in [0.717, 1.165) is 13.1 Å². The smallest absolute Gasteiger partial charge is 0.295 e. The maximum absolute atomic E-state index is 14.8. The molecule has 1 atom stereocenters. The summed E-state index contributed by atoms with van der Waals surface area (Å²) >= 11 is 6.10. The quantitative estimate of drug-likeness (QED) is 0.362. The molecule has 1 saturated heterocycles. The molecule has 2 aromatic carbocycles. The third-order valence-corrected chi connectivity index (χ3v) is 5.94. The van der Waals surface area contributed by atoms with Crippen LogP contribution >= 0.6 is 11.6 Å². The Hall–Kier alpha value is -2.90. The number of aliphatic hydroxyl groups excluding tert-OH is 1. The van der Waals surface area contributed by atoms with Gasteiger partial charge in [0.25, 0.3) is 11.7 Å². The van der Waals surface area contributed by atoms with Crippen LogP contribution < -0.4 is 4.74 Å². The number of benzene rings is 2. The van der Waals surface area contributed by atoms with Crippen molar-refractivity contribution in [2.75, 3.05) is 33.3 Å². The molecule has 1 heterocycles. The number of Topliss-reactive ketones (excluding diaryl/α,β-unsaturated/α-hetero) is 1. The lowest BCUT2D eigenvalue weighted by molar-refractivity contribution is -0.140. The number of halogens is 2. The van der Waals surface area contributed by atoms with Crippen molar-refractivity contribution < 1.29 is 23.8 Å². The first-order chi connectivity index (χ1) is 15.3. The van der Waals surface area contributed by atoms with E-state index in [0.29, 0.717) is 11.6 Å². The zero-order valence-electron chi connectivity index (χ0n) is 18.3. The summed E-state index contributed by atoms with van der Waals surface area (Å²) in [7, 11) is 1.41. The number of nitrogens with zero attached hydrogens (tertiary/aromatic N) is 2. The lowest BCUT2D eigenvalue weighted by Gasteiger charge is -2.28. The second-order valence-corrected chi connectivity index (χ2v) is 7.82. The second kappa shape index (κ2) is 10.1. The first-order valence-electron chi connectivity index (χ1n) is 10.4. The zero-order chi connectivity index (χ0) is 23.4. The summed E-state index contributed by atoms with van der Waals surface area (Å²) < 4.78 is 20.1. The molecule has 8 heteroatoms. The molecule has 1 amide bonds. The van der Waals surface area contributed by atoms with Crippen molar-refractivity contribution in [3.05, 3.63) is 70.0 Å². The van der Waals surface area contributed by atoms with Crippen molar-refractivity contribution in [3.8, 4) is 5.75 Å². The highest BCUT2D eigenvalue weighted by molar-refractivity contribution is 6.46. The Kier molecular flexibility index (Phi) is 7.53. The fourth-order valence-corrected chi connectivity index (χ4v) is 4.10. The first-order valence-corrected chi connectivity index (χ1v) is 10.8. The van der Waals surface area contributed by atoms with Gasteiger partial charge in [0.05, 0.1) is 24.3 Å². The lowest BCUT2D eigenvalue weighted by Crippen LogP contribution is -2.38. The summed E-state index contributed by atoms with van der Waals surface area (Å²) in [6.45, 7) is 6.24. The van der Waals surface area contributed by atoms with Gasteiger partial charge in [-0.2, -0.15) is 0 Å². The number of carbonyl (C=O) groups is 2. The van der Waals surface area contributed by atoms with E-state index in [1.165, 1.54) is 36.3 Å². The monoisotopic (exact) mass is 460 g/mol. The number of hydrogen-bond acceptors (Lipinski definition) is 5. The number of carbonyl (C=O) groups excluding carboxylic acids is 2. The Morgan fingerprint density at radius 3 is 2.50 bits per heavy atom. The fraction of sp³-hybridized carbons (Fsp3) is 0.333. The van der Waals surface area contributed by atoms with E-state index < -0.39 is 29.3 Å². The minimum Gasteiger partial charge on any atom is -0.507 e. The maximum atomic E-state index is 14.8. The average Bonchev–Trinajstić information content (AvgIpc) is 3.04. The summed E-state index contributed by atoms with van der Waals surface area (Å²) in [4.78, 5) is 29.5. The number of likely N-dealkylation sites (tertiary alicyclic amines) is 1. The van der Waals surface area contributed by atoms with Gasteiger partial charge in [-0.15, -0.1) is 0 Å². The minimum absolute atomic E-state index is 0.133. The predicted molar refractivity (Wildman–Crippen MR) is 121 cm³/mol. The standard InChI is InChI=1S/C24H26ClFN2O4/c1-4-27(5-2)12-13-28-21(16-8-6-7-9-18(16)26)20(23(30)24(28)31)22(29)17-14-15(25)10-11-19(17)32-3/h6-11,14,21,29H,4-5,12-13H2,1-3H3/b22-20+. The van der Waals surface area contributed by atoms with Crippen LogP contribution in [0.25, 0.3) is 5.76 Å². The highest BCUT2D eigenvalue weighted by Gasteiger charge is 2.47. The normalized spacial score (nSPS) is 17.9. The van der Waals surface area contributed by atoms with Gasteiger partial charge in [-0.3, -0.25) is 9.59 Å². The zero-order valence-corrected chi connectivity index (χ0v) is 19.0. The molecule has 32 heavy (non-hydrogen) atoms. The SMILES string of the molecule is CCN(CC)CCN1C(=O)C(=O)/C(=C(/O)c2cc(Cl)ccc2OC)C1c1ccccc1F. The van der Waals surface area contributed by atoms with Gasteiger partial charge in [-0.05, 0) is 37.4 Å². The summed E-state index contributed by atoms with van der Waals surface area (Å²) in [5.41, 5.74) is 0.0945. The van der Waals surface area contributed by atoms with Crippen LogP contribution in [0.2, 0.25) is 5.02 Å². The molecule has 0 aromatic heterocycles. The Morgan fingerprint density at radius 1 is 1.19 bits per heavy atom. The highest BCUT2D eigenvalue weighted by Crippen LogP contribution is 2.42. The van der Waals surface area contributed by atoms with Gasteiger partial charge in [0.2, 0.25) is 0 Å². The largest absolute Gasteiger partial charge is 0.507 e. The van der Waals surface area contributed by atoms with E-state index in [1.54, 1.807) is 18.2 Å². The van der Waals surface area contributed by atoms with Crippen LogP contribution in [0.3, 0.4) is 0 Å². The fourth-order valence-electron chi connectivity index (χ4n) is 3.93. The van der Waals surface area contributed by atoms with Crippen molar-refractivity contribution in [2.45, 2.75) is 19.9 Å².